The number of hydrogen-bond acceptors (Lipinski definition) is 4. The SMILES string of the molecule is COC(=O)C(CNC(=O)C1CC1)c1cccc2ccc3c(c12)C=CCS3. The van der Waals surface area contributed by atoms with Crippen molar-refractivity contribution in [3.8, 4) is 0 Å². The highest BCUT2D eigenvalue weighted by Gasteiger charge is 2.31. The fourth-order valence-corrected chi connectivity index (χ4v) is 4.32. The highest BCUT2D eigenvalue weighted by atomic mass is 32.2. The quantitative estimate of drug-likeness (QED) is 0.818. The number of fused-ring (bicyclic) bond motifs is 3. The van der Waals surface area contributed by atoms with E-state index < -0.39 is 5.92 Å². The average molecular weight is 367 g/mol. The highest BCUT2D eigenvalue weighted by molar-refractivity contribution is 7.99. The molecule has 1 unspecified atom stereocenters. The standard InChI is InChI=1S/C21H21NO3S/c1-25-21(24)17(12-22-20(23)14-7-8-14)15-5-2-4-13-9-10-18-16(19(13)15)6-3-11-26-18/h2-6,9-10,14,17H,7-8,11-12H2,1H3,(H,22,23). The molecule has 0 radical (unpaired) electrons. The van der Waals surface area contributed by atoms with Gasteiger partial charge in [-0.15, -0.1) is 11.8 Å². The van der Waals surface area contributed by atoms with Crippen molar-refractivity contribution in [2.45, 2.75) is 23.7 Å². The molecular weight excluding hydrogens is 346 g/mol. The van der Waals surface area contributed by atoms with E-state index in [-0.39, 0.29) is 24.3 Å². The van der Waals surface area contributed by atoms with Crippen LogP contribution in [0.3, 0.4) is 0 Å². The second-order valence-corrected chi connectivity index (χ2v) is 7.79. The summed E-state index contributed by atoms with van der Waals surface area (Å²) in [6.45, 7) is 0.266. The Morgan fingerprint density at radius 2 is 2.12 bits per heavy atom. The van der Waals surface area contributed by atoms with Gasteiger partial charge < -0.3 is 10.1 Å². The molecule has 0 saturated heterocycles. The molecule has 1 aliphatic heterocycles. The van der Waals surface area contributed by atoms with Crippen molar-refractivity contribution in [2.24, 2.45) is 5.92 Å². The van der Waals surface area contributed by atoms with Gasteiger partial charge in [0.25, 0.3) is 0 Å². The predicted octanol–water partition coefficient (Wildman–Crippen LogP) is 3.74. The maximum absolute atomic E-state index is 12.5. The van der Waals surface area contributed by atoms with E-state index in [2.05, 4.69) is 35.7 Å². The van der Waals surface area contributed by atoms with E-state index in [4.69, 9.17) is 4.74 Å². The largest absolute Gasteiger partial charge is 0.468 e. The molecule has 5 heteroatoms. The van der Waals surface area contributed by atoms with Crippen LogP contribution in [0.15, 0.2) is 41.3 Å². The van der Waals surface area contributed by atoms with Gasteiger partial charge in [0.05, 0.1) is 13.0 Å². The first-order valence-corrected chi connectivity index (χ1v) is 9.88. The molecule has 1 fully saturated rings. The molecule has 1 amide bonds. The van der Waals surface area contributed by atoms with Crippen molar-refractivity contribution < 1.29 is 14.3 Å². The Labute approximate surface area is 157 Å². The lowest BCUT2D eigenvalue weighted by molar-refractivity contribution is -0.142. The minimum absolute atomic E-state index is 0.0385. The molecule has 1 heterocycles. The number of benzene rings is 2. The zero-order valence-corrected chi connectivity index (χ0v) is 15.5. The van der Waals surface area contributed by atoms with Gasteiger partial charge in [-0.1, -0.05) is 36.4 Å². The molecule has 0 aromatic heterocycles. The summed E-state index contributed by atoms with van der Waals surface area (Å²) in [6, 6.07) is 10.2. The van der Waals surface area contributed by atoms with E-state index in [1.165, 1.54) is 12.0 Å². The van der Waals surface area contributed by atoms with Gasteiger partial charge in [-0.25, -0.2) is 0 Å². The van der Waals surface area contributed by atoms with Crippen LogP contribution in [0, 0.1) is 5.92 Å². The normalized spacial score (nSPS) is 16.8. The monoisotopic (exact) mass is 367 g/mol. The topological polar surface area (TPSA) is 55.4 Å². The molecule has 1 saturated carbocycles. The number of methoxy groups -OCH3 is 1. The molecule has 1 aliphatic carbocycles. The number of nitrogens with one attached hydrogen (secondary N) is 1. The number of carbonyl (C=O) groups excluding carboxylic acids is 2. The lowest BCUT2D eigenvalue weighted by Gasteiger charge is -2.21. The van der Waals surface area contributed by atoms with Crippen LogP contribution >= 0.6 is 11.8 Å². The minimum Gasteiger partial charge on any atom is -0.468 e. The van der Waals surface area contributed by atoms with Crippen LogP contribution in [-0.2, 0) is 14.3 Å². The highest BCUT2D eigenvalue weighted by Crippen LogP contribution is 2.38. The lowest BCUT2D eigenvalue weighted by Crippen LogP contribution is -2.33. The Balaban J connectivity index is 1.77. The van der Waals surface area contributed by atoms with Gasteiger partial charge >= 0.3 is 5.97 Å². The zero-order valence-electron chi connectivity index (χ0n) is 14.7. The van der Waals surface area contributed by atoms with Crippen LogP contribution < -0.4 is 5.32 Å². The molecule has 2 aromatic carbocycles. The Kier molecular flexibility index (Phi) is 4.72. The van der Waals surface area contributed by atoms with E-state index in [0.717, 1.165) is 40.5 Å². The van der Waals surface area contributed by atoms with Crippen molar-refractivity contribution in [3.05, 3.63) is 47.5 Å². The Bertz CT molecular complexity index is 902. The van der Waals surface area contributed by atoms with Gasteiger partial charge in [-0.2, -0.15) is 0 Å². The molecule has 1 N–H and O–H groups in total. The summed E-state index contributed by atoms with van der Waals surface area (Å²) in [6.07, 6.45) is 6.16. The fourth-order valence-electron chi connectivity index (χ4n) is 3.46. The molecule has 0 bridgehead atoms. The third-order valence-electron chi connectivity index (χ3n) is 4.99. The summed E-state index contributed by atoms with van der Waals surface area (Å²) in [5.74, 6) is 0.278. The molecule has 4 rings (SSSR count). The summed E-state index contributed by atoms with van der Waals surface area (Å²) in [5, 5.41) is 5.11. The smallest absolute Gasteiger partial charge is 0.314 e. The average Bonchev–Trinajstić information content (AvgIpc) is 3.53. The van der Waals surface area contributed by atoms with Gasteiger partial charge in [0.1, 0.15) is 0 Å². The molecule has 0 spiro atoms. The van der Waals surface area contributed by atoms with Gasteiger partial charge in [0.15, 0.2) is 0 Å². The maximum atomic E-state index is 12.5. The van der Waals surface area contributed by atoms with E-state index in [1.54, 1.807) is 11.8 Å². The predicted molar refractivity (Wildman–Crippen MR) is 104 cm³/mol. The van der Waals surface area contributed by atoms with E-state index in [1.807, 2.05) is 12.1 Å². The Morgan fingerprint density at radius 3 is 2.88 bits per heavy atom. The molecular formula is C21H21NO3S. The molecule has 2 aromatic rings. The van der Waals surface area contributed by atoms with Gasteiger partial charge in [-0.05, 0) is 40.8 Å². The van der Waals surface area contributed by atoms with Crippen LogP contribution in [0.2, 0.25) is 0 Å². The Morgan fingerprint density at radius 1 is 1.27 bits per heavy atom. The van der Waals surface area contributed by atoms with Crippen LogP contribution in [0.1, 0.15) is 29.9 Å². The summed E-state index contributed by atoms with van der Waals surface area (Å²) in [5.41, 5.74) is 2.06. The third kappa shape index (κ3) is 3.23. The molecule has 4 nitrogen and oxygen atoms in total. The first kappa shape index (κ1) is 17.2. The molecule has 134 valence electrons. The van der Waals surface area contributed by atoms with E-state index >= 15 is 0 Å². The first-order chi connectivity index (χ1) is 12.7. The number of hydrogen-bond donors (Lipinski definition) is 1. The van der Waals surface area contributed by atoms with Crippen molar-refractivity contribution >= 4 is 40.5 Å². The zero-order chi connectivity index (χ0) is 18.1. The van der Waals surface area contributed by atoms with Crippen LogP contribution in [0.4, 0.5) is 0 Å². The van der Waals surface area contributed by atoms with Crippen molar-refractivity contribution in [3.63, 3.8) is 0 Å². The summed E-state index contributed by atoms with van der Waals surface area (Å²) < 4.78 is 5.05. The minimum atomic E-state index is -0.516. The fraction of sp³-hybridized carbons (Fsp3) is 0.333. The first-order valence-electron chi connectivity index (χ1n) is 8.89. The van der Waals surface area contributed by atoms with Crippen molar-refractivity contribution in [2.75, 3.05) is 19.4 Å². The van der Waals surface area contributed by atoms with Crippen LogP contribution in [0.5, 0.6) is 0 Å². The Hall–Kier alpha value is -2.27. The summed E-state index contributed by atoms with van der Waals surface area (Å²) >= 11 is 1.80. The number of rotatable bonds is 5. The number of ether oxygens (including phenoxy) is 1. The second-order valence-electron chi connectivity index (χ2n) is 6.73. The van der Waals surface area contributed by atoms with Gasteiger partial charge in [0.2, 0.25) is 5.91 Å². The van der Waals surface area contributed by atoms with Crippen LogP contribution in [-0.4, -0.2) is 31.3 Å². The number of carbonyl (C=O) groups is 2. The van der Waals surface area contributed by atoms with Crippen LogP contribution in [0.25, 0.3) is 16.8 Å². The van der Waals surface area contributed by atoms with Gasteiger partial charge in [-0.3, -0.25) is 9.59 Å². The summed E-state index contributed by atoms with van der Waals surface area (Å²) in [4.78, 5) is 25.8. The van der Waals surface area contributed by atoms with Gasteiger partial charge in [0, 0.05) is 23.1 Å². The number of amides is 1. The second kappa shape index (κ2) is 7.16. The van der Waals surface area contributed by atoms with Crippen molar-refractivity contribution in [1.29, 1.82) is 0 Å². The van der Waals surface area contributed by atoms with E-state index in [0.29, 0.717) is 0 Å². The molecule has 1 atom stereocenters. The maximum Gasteiger partial charge on any atom is 0.314 e. The molecule has 26 heavy (non-hydrogen) atoms. The summed E-state index contributed by atoms with van der Waals surface area (Å²) in [7, 11) is 1.40. The number of thioether (sulfide) groups is 1. The third-order valence-corrected chi connectivity index (χ3v) is 6.01. The molecule has 2 aliphatic rings. The lowest BCUT2D eigenvalue weighted by atomic mass is 9.90. The van der Waals surface area contributed by atoms with E-state index in [9.17, 15) is 9.59 Å². The number of esters is 1. The van der Waals surface area contributed by atoms with Crippen molar-refractivity contribution in [1.82, 2.24) is 5.32 Å².